The third-order valence-electron chi connectivity index (χ3n) is 2.44. The van der Waals surface area contributed by atoms with Gasteiger partial charge in [-0.3, -0.25) is 4.79 Å². The molecule has 2 heterocycles. The van der Waals surface area contributed by atoms with E-state index in [1.807, 2.05) is 6.92 Å². The average molecular weight is 205 g/mol. The van der Waals surface area contributed by atoms with E-state index in [4.69, 9.17) is 0 Å². The van der Waals surface area contributed by atoms with Gasteiger partial charge >= 0.3 is 0 Å². The van der Waals surface area contributed by atoms with Crippen molar-refractivity contribution in [1.82, 2.24) is 14.6 Å². The highest BCUT2D eigenvalue weighted by molar-refractivity contribution is 5.50. The van der Waals surface area contributed by atoms with Gasteiger partial charge in [-0.1, -0.05) is 20.8 Å². The highest BCUT2D eigenvalue weighted by Gasteiger charge is 2.20. The Morgan fingerprint density at radius 2 is 2.07 bits per heavy atom. The number of aromatic amines is 1. The molecule has 0 radical (unpaired) electrons. The highest BCUT2D eigenvalue weighted by Crippen LogP contribution is 2.24. The van der Waals surface area contributed by atoms with Crippen LogP contribution in [0.1, 0.15) is 32.0 Å². The molecule has 0 bridgehead atoms. The Hall–Kier alpha value is -1.58. The fourth-order valence-corrected chi connectivity index (χ4v) is 1.65. The molecule has 0 aliphatic rings. The molecule has 2 aromatic rings. The van der Waals surface area contributed by atoms with Gasteiger partial charge in [0.15, 0.2) is 0 Å². The summed E-state index contributed by atoms with van der Waals surface area (Å²) >= 11 is 0. The van der Waals surface area contributed by atoms with Crippen molar-refractivity contribution in [2.45, 2.75) is 33.1 Å². The molecule has 0 aromatic carbocycles. The summed E-state index contributed by atoms with van der Waals surface area (Å²) in [4.78, 5) is 14.8. The number of hydrogen-bond acceptors (Lipinski definition) is 2. The van der Waals surface area contributed by atoms with Crippen molar-refractivity contribution in [3.05, 3.63) is 33.9 Å². The van der Waals surface area contributed by atoms with E-state index < -0.39 is 0 Å². The van der Waals surface area contributed by atoms with Crippen molar-refractivity contribution >= 4 is 5.65 Å². The van der Waals surface area contributed by atoms with Crippen LogP contribution in [0.3, 0.4) is 0 Å². The number of aryl methyl sites for hydroxylation is 1. The Morgan fingerprint density at radius 1 is 1.40 bits per heavy atom. The molecule has 15 heavy (non-hydrogen) atoms. The molecule has 0 spiro atoms. The van der Waals surface area contributed by atoms with Crippen LogP contribution in [0, 0.1) is 6.92 Å². The van der Waals surface area contributed by atoms with Crippen LogP contribution in [-0.2, 0) is 5.41 Å². The third-order valence-corrected chi connectivity index (χ3v) is 2.44. The molecule has 0 aliphatic heterocycles. The number of hydrogen-bond donors (Lipinski definition) is 1. The van der Waals surface area contributed by atoms with Crippen LogP contribution in [-0.4, -0.2) is 14.6 Å². The number of H-pyrrole nitrogens is 1. The monoisotopic (exact) mass is 205 g/mol. The van der Waals surface area contributed by atoms with Crippen molar-refractivity contribution < 1.29 is 0 Å². The minimum atomic E-state index is -0.0863. The fraction of sp³-hybridized carbons (Fsp3) is 0.455. The van der Waals surface area contributed by atoms with E-state index in [-0.39, 0.29) is 11.0 Å². The molecular formula is C11H15N3O. The zero-order valence-corrected chi connectivity index (χ0v) is 9.46. The van der Waals surface area contributed by atoms with Crippen LogP contribution in [0.5, 0.6) is 0 Å². The van der Waals surface area contributed by atoms with Gasteiger partial charge in [-0.15, -0.1) is 0 Å². The zero-order chi connectivity index (χ0) is 11.2. The molecular weight excluding hydrogens is 190 g/mol. The summed E-state index contributed by atoms with van der Waals surface area (Å²) in [5.74, 6) is 0. The van der Waals surface area contributed by atoms with Crippen LogP contribution in [0.4, 0.5) is 0 Å². The Labute approximate surface area is 87.9 Å². The number of aromatic nitrogens is 3. The first-order valence-electron chi connectivity index (χ1n) is 4.98. The molecule has 2 rings (SSSR count). The second kappa shape index (κ2) is 2.95. The minimum Gasteiger partial charge on any atom is -0.343 e. The van der Waals surface area contributed by atoms with Gasteiger partial charge < -0.3 is 4.98 Å². The maximum Gasteiger partial charge on any atom is 0.274 e. The first-order chi connectivity index (χ1) is 6.89. The largest absolute Gasteiger partial charge is 0.343 e. The summed E-state index contributed by atoms with van der Waals surface area (Å²) in [6.07, 6.45) is 1.76. The summed E-state index contributed by atoms with van der Waals surface area (Å²) in [5, 5.41) is 4.10. The van der Waals surface area contributed by atoms with Crippen molar-refractivity contribution in [2.75, 3.05) is 0 Å². The van der Waals surface area contributed by atoms with Gasteiger partial charge in [0.2, 0.25) is 0 Å². The Kier molecular flexibility index (Phi) is 1.96. The predicted molar refractivity (Wildman–Crippen MR) is 59.2 cm³/mol. The van der Waals surface area contributed by atoms with E-state index in [1.54, 1.807) is 12.3 Å². The molecule has 0 atom stereocenters. The Morgan fingerprint density at radius 3 is 2.67 bits per heavy atom. The normalized spacial score (nSPS) is 12.3. The van der Waals surface area contributed by atoms with Crippen molar-refractivity contribution in [1.29, 1.82) is 0 Å². The lowest BCUT2D eigenvalue weighted by Crippen LogP contribution is -2.17. The molecule has 4 heteroatoms. The highest BCUT2D eigenvalue weighted by atomic mass is 16.1. The smallest absolute Gasteiger partial charge is 0.274 e. The van der Waals surface area contributed by atoms with Crippen LogP contribution < -0.4 is 5.56 Å². The topological polar surface area (TPSA) is 50.2 Å². The predicted octanol–water partition coefficient (Wildman–Crippen LogP) is 1.63. The average Bonchev–Trinajstić information content (AvgIpc) is 2.45. The summed E-state index contributed by atoms with van der Waals surface area (Å²) in [7, 11) is 0. The molecule has 0 amide bonds. The molecule has 0 saturated heterocycles. The van der Waals surface area contributed by atoms with E-state index in [1.165, 1.54) is 4.52 Å². The van der Waals surface area contributed by atoms with Gasteiger partial charge in [-0.25, -0.2) is 0 Å². The van der Waals surface area contributed by atoms with E-state index >= 15 is 0 Å². The molecule has 4 nitrogen and oxygen atoms in total. The molecule has 2 aromatic heterocycles. The molecule has 0 saturated carbocycles. The van der Waals surface area contributed by atoms with Crippen LogP contribution in [0.2, 0.25) is 0 Å². The number of nitrogens with zero attached hydrogens (tertiary/aromatic N) is 2. The zero-order valence-electron chi connectivity index (χ0n) is 9.46. The van der Waals surface area contributed by atoms with E-state index in [2.05, 4.69) is 30.9 Å². The molecule has 80 valence electrons. The summed E-state index contributed by atoms with van der Waals surface area (Å²) in [5.41, 5.74) is 2.62. The first-order valence-corrected chi connectivity index (χ1v) is 4.98. The summed E-state index contributed by atoms with van der Waals surface area (Å²) in [6, 6.07) is 1.55. The number of nitrogens with one attached hydrogen (secondary N) is 1. The fourth-order valence-electron chi connectivity index (χ4n) is 1.65. The lowest BCUT2D eigenvalue weighted by atomic mass is 9.89. The molecule has 0 unspecified atom stereocenters. The van der Waals surface area contributed by atoms with Crippen LogP contribution in [0.15, 0.2) is 17.1 Å². The SMILES string of the molecule is Cc1cc(=O)n2ncc(C(C)(C)C)c2[nH]1. The first kappa shape index (κ1) is 9.96. The van der Waals surface area contributed by atoms with E-state index in [0.29, 0.717) is 0 Å². The van der Waals surface area contributed by atoms with Gasteiger partial charge in [0.05, 0.1) is 6.20 Å². The lowest BCUT2D eigenvalue weighted by molar-refractivity contribution is 0.594. The maximum absolute atomic E-state index is 11.6. The Balaban J connectivity index is 2.86. The third kappa shape index (κ3) is 1.56. The van der Waals surface area contributed by atoms with Crippen LogP contribution in [0.25, 0.3) is 5.65 Å². The molecule has 1 N–H and O–H groups in total. The second-order valence-electron chi connectivity index (χ2n) is 4.86. The van der Waals surface area contributed by atoms with Crippen molar-refractivity contribution in [3.63, 3.8) is 0 Å². The number of fused-ring (bicyclic) bond motifs is 1. The molecule has 0 aliphatic carbocycles. The summed E-state index contributed by atoms with van der Waals surface area (Å²) in [6.45, 7) is 8.18. The summed E-state index contributed by atoms with van der Waals surface area (Å²) < 4.78 is 1.41. The van der Waals surface area contributed by atoms with Gasteiger partial charge in [0.1, 0.15) is 5.65 Å². The quantitative estimate of drug-likeness (QED) is 0.710. The van der Waals surface area contributed by atoms with Crippen molar-refractivity contribution in [3.8, 4) is 0 Å². The van der Waals surface area contributed by atoms with E-state index in [9.17, 15) is 4.79 Å². The van der Waals surface area contributed by atoms with Crippen molar-refractivity contribution in [2.24, 2.45) is 0 Å². The van der Waals surface area contributed by atoms with Gasteiger partial charge in [0, 0.05) is 17.3 Å². The van der Waals surface area contributed by atoms with Gasteiger partial charge in [-0.05, 0) is 12.3 Å². The van der Waals surface area contributed by atoms with Gasteiger partial charge in [-0.2, -0.15) is 9.61 Å². The standard InChI is InChI=1S/C11H15N3O/c1-7-5-9(15)14-10(13-7)8(6-12-14)11(2,3)4/h5-6,13H,1-4H3. The Bertz CT molecular complexity index is 557. The van der Waals surface area contributed by atoms with Gasteiger partial charge in [0.25, 0.3) is 5.56 Å². The second-order valence-corrected chi connectivity index (χ2v) is 4.86. The maximum atomic E-state index is 11.6. The lowest BCUT2D eigenvalue weighted by Gasteiger charge is -2.16. The number of rotatable bonds is 0. The molecule has 0 fully saturated rings. The minimum absolute atomic E-state index is 0.0154. The van der Waals surface area contributed by atoms with E-state index in [0.717, 1.165) is 16.9 Å². The van der Waals surface area contributed by atoms with Crippen LogP contribution >= 0.6 is 0 Å².